The van der Waals surface area contributed by atoms with E-state index in [0.29, 0.717) is 0 Å². The van der Waals surface area contributed by atoms with Crippen LogP contribution in [0.2, 0.25) is 0 Å². The van der Waals surface area contributed by atoms with Crippen LogP contribution in [0.3, 0.4) is 0 Å². The topological polar surface area (TPSA) is 49.2 Å². The van der Waals surface area contributed by atoms with Crippen LogP contribution in [0.25, 0.3) is 10.8 Å². The lowest BCUT2D eigenvalue weighted by Gasteiger charge is -2.24. The minimum atomic E-state index is -0.553. The summed E-state index contributed by atoms with van der Waals surface area (Å²) in [6.07, 6.45) is 2.61. The van der Waals surface area contributed by atoms with E-state index < -0.39 is 5.60 Å². The molecule has 4 heteroatoms. The molecule has 2 heterocycles. The molecule has 20 heavy (non-hydrogen) atoms. The Labute approximate surface area is 119 Å². The van der Waals surface area contributed by atoms with Crippen molar-refractivity contribution >= 4 is 16.6 Å². The highest BCUT2D eigenvalue weighted by molar-refractivity contribution is 5.93. The fourth-order valence-electron chi connectivity index (χ4n) is 2.93. The van der Waals surface area contributed by atoms with Gasteiger partial charge in [0.25, 0.3) is 0 Å². The van der Waals surface area contributed by atoms with Gasteiger partial charge in [-0.3, -0.25) is 0 Å². The van der Waals surface area contributed by atoms with E-state index in [0.717, 1.165) is 54.6 Å². The third kappa shape index (κ3) is 2.48. The average molecular weight is 271 g/mol. The van der Waals surface area contributed by atoms with Gasteiger partial charge in [0, 0.05) is 23.9 Å². The molecule has 1 atom stereocenters. The molecule has 0 amide bonds. The monoisotopic (exact) mass is 271 g/mol. The molecular formula is C16H21N3O. The van der Waals surface area contributed by atoms with Gasteiger partial charge < -0.3 is 10.0 Å². The number of aliphatic hydroxyl groups is 1. The van der Waals surface area contributed by atoms with Crippen molar-refractivity contribution in [2.45, 2.75) is 38.7 Å². The van der Waals surface area contributed by atoms with E-state index >= 15 is 0 Å². The van der Waals surface area contributed by atoms with Crippen molar-refractivity contribution in [3.05, 3.63) is 30.0 Å². The summed E-state index contributed by atoms with van der Waals surface area (Å²) < 4.78 is 0. The van der Waals surface area contributed by atoms with Crippen molar-refractivity contribution in [3.8, 4) is 0 Å². The summed E-state index contributed by atoms with van der Waals surface area (Å²) in [6, 6.07) is 8.28. The number of hydrogen-bond donors (Lipinski definition) is 1. The van der Waals surface area contributed by atoms with Gasteiger partial charge in [0.2, 0.25) is 0 Å². The molecule has 1 aliphatic rings. The molecule has 2 aromatic rings. The SMILES string of the molecule is Cc1nnc(N2CCCC(C)(O)CC2)c2ccccc12. The number of anilines is 1. The van der Waals surface area contributed by atoms with E-state index in [4.69, 9.17) is 0 Å². The molecular weight excluding hydrogens is 250 g/mol. The van der Waals surface area contributed by atoms with Crippen LogP contribution in [0.15, 0.2) is 24.3 Å². The molecule has 1 unspecified atom stereocenters. The summed E-state index contributed by atoms with van der Waals surface area (Å²) in [5, 5.41) is 21.2. The van der Waals surface area contributed by atoms with Crippen molar-refractivity contribution in [2.24, 2.45) is 0 Å². The summed E-state index contributed by atoms with van der Waals surface area (Å²) in [7, 11) is 0. The molecule has 4 nitrogen and oxygen atoms in total. The van der Waals surface area contributed by atoms with Gasteiger partial charge in [-0.25, -0.2) is 0 Å². The van der Waals surface area contributed by atoms with Gasteiger partial charge in [0.15, 0.2) is 5.82 Å². The summed E-state index contributed by atoms with van der Waals surface area (Å²) in [6.45, 7) is 5.67. The van der Waals surface area contributed by atoms with Crippen LogP contribution in [-0.2, 0) is 0 Å². The van der Waals surface area contributed by atoms with Gasteiger partial charge in [-0.1, -0.05) is 24.3 Å². The maximum atomic E-state index is 10.2. The van der Waals surface area contributed by atoms with E-state index in [2.05, 4.69) is 27.2 Å². The Hall–Kier alpha value is -1.68. The van der Waals surface area contributed by atoms with Crippen LogP contribution >= 0.6 is 0 Å². The highest BCUT2D eigenvalue weighted by Gasteiger charge is 2.26. The predicted molar refractivity (Wildman–Crippen MR) is 81.0 cm³/mol. The van der Waals surface area contributed by atoms with Crippen LogP contribution < -0.4 is 4.90 Å². The molecule has 1 saturated heterocycles. The number of aromatic nitrogens is 2. The van der Waals surface area contributed by atoms with Gasteiger partial charge in [0.1, 0.15) is 0 Å². The van der Waals surface area contributed by atoms with Crippen LogP contribution in [0, 0.1) is 6.92 Å². The lowest BCUT2D eigenvalue weighted by atomic mass is 9.98. The molecule has 1 aromatic heterocycles. The van der Waals surface area contributed by atoms with Gasteiger partial charge in [0.05, 0.1) is 11.3 Å². The molecule has 3 rings (SSSR count). The molecule has 106 valence electrons. The molecule has 0 saturated carbocycles. The van der Waals surface area contributed by atoms with Crippen LogP contribution in [0.1, 0.15) is 31.9 Å². The first-order valence-electron chi connectivity index (χ1n) is 7.26. The first kappa shape index (κ1) is 13.3. The minimum absolute atomic E-state index is 0.553. The lowest BCUT2D eigenvalue weighted by Crippen LogP contribution is -2.29. The first-order chi connectivity index (χ1) is 9.57. The maximum absolute atomic E-state index is 10.2. The number of aryl methyl sites for hydroxylation is 1. The Kier molecular flexibility index (Phi) is 3.34. The zero-order chi connectivity index (χ0) is 14.2. The molecule has 1 fully saturated rings. The van der Waals surface area contributed by atoms with Crippen LogP contribution in [0.4, 0.5) is 5.82 Å². The first-order valence-corrected chi connectivity index (χ1v) is 7.26. The Morgan fingerprint density at radius 1 is 1.10 bits per heavy atom. The highest BCUT2D eigenvalue weighted by atomic mass is 16.3. The van der Waals surface area contributed by atoms with Crippen molar-refractivity contribution in [1.29, 1.82) is 0 Å². The second-order valence-corrected chi connectivity index (χ2v) is 5.99. The third-order valence-electron chi connectivity index (χ3n) is 4.22. The zero-order valence-electron chi connectivity index (χ0n) is 12.1. The number of benzene rings is 1. The van der Waals surface area contributed by atoms with Gasteiger partial charge in [-0.05, 0) is 33.1 Å². The van der Waals surface area contributed by atoms with Gasteiger partial charge >= 0.3 is 0 Å². The number of nitrogens with zero attached hydrogens (tertiary/aromatic N) is 3. The lowest BCUT2D eigenvalue weighted by molar-refractivity contribution is 0.0481. The second kappa shape index (κ2) is 5.02. The van der Waals surface area contributed by atoms with E-state index in [1.807, 2.05) is 26.0 Å². The fourth-order valence-corrected chi connectivity index (χ4v) is 2.93. The second-order valence-electron chi connectivity index (χ2n) is 5.99. The molecule has 1 aliphatic heterocycles. The van der Waals surface area contributed by atoms with Gasteiger partial charge in [-0.15, -0.1) is 5.10 Å². The smallest absolute Gasteiger partial charge is 0.159 e. The van der Waals surface area contributed by atoms with Crippen molar-refractivity contribution in [2.75, 3.05) is 18.0 Å². The molecule has 0 bridgehead atoms. The quantitative estimate of drug-likeness (QED) is 0.866. The maximum Gasteiger partial charge on any atom is 0.159 e. The number of rotatable bonds is 1. The predicted octanol–water partition coefficient (Wildman–Crippen LogP) is 2.68. The van der Waals surface area contributed by atoms with Crippen molar-refractivity contribution in [1.82, 2.24) is 10.2 Å². The summed E-state index contributed by atoms with van der Waals surface area (Å²) in [4.78, 5) is 2.26. The van der Waals surface area contributed by atoms with E-state index in [9.17, 15) is 5.11 Å². The molecule has 0 radical (unpaired) electrons. The average Bonchev–Trinajstić information content (AvgIpc) is 2.61. The summed E-state index contributed by atoms with van der Waals surface area (Å²) >= 11 is 0. The van der Waals surface area contributed by atoms with Crippen LogP contribution in [0.5, 0.6) is 0 Å². The molecule has 0 spiro atoms. The van der Waals surface area contributed by atoms with Crippen LogP contribution in [-0.4, -0.2) is 34.0 Å². The van der Waals surface area contributed by atoms with Crippen molar-refractivity contribution in [3.63, 3.8) is 0 Å². The molecule has 0 aliphatic carbocycles. The number of hydrogen-bond acceptors (Lipinski definition) is 4. The normalized spacial score (nSPS) is 23.9. The Bertz CT molecular complexity index is 624. The zero-order valence-corrected chi connectivity index (χ0v) is 12.1. The Morgan fingerprint density at radius 2 is 1.85 bits per heavy atom. The Morgan fingerprint density at radius 3 is 2.65 bits per heavy atom. The number of fused-ring (bicyclic) bond motifs is 1. The minimum Gasteiger partial charge on any atom is -0.390 e. The van der Waals surface area contributed by atoms with Crippen molar-refractivity contribution < 1.29 is 5.11 Å². The van der Waals surface area contributed by atoms with Gasteiger partial charge in [-0.2, -0.15) is 5.10 Å². The largest absolute Gasteiger partial charge is 0.390 e. The van der Waals surface area contributed by atoms with E-state index in [-0.39, 0.29) is 0 Å². The molecule has 1 N–H and O–H groups in total. The van der Waals surface area contributed by atoms with E-state index in [1.54, 1.807) is 0 Å². The highest BCUT2D eigenvalue weighted by Crippen LogP contribution is 2.29. The fraction of sp³-hybridized carbons (Fsp3) is 0.500. The summed E-state index contributed by atoms with van der Waals surface area (Å²) in [5.41, 5.74) is 0.411. The standard InChI is InChI=1S/C16H21N3O/c1-12-13-6-3-4-7-14(13)15(18-17-12)19-10-5-8-16(2,20)9-11-19/h3-4,6-7,20H,5,8-11H2,1-2H3. The summed E-state index contributed by atoms with van der Waals surface area (Å²) in [5.74, 6) is 0.948. The Balaban J connectivity index is 2.00. The molecule has 1 aromatic carbocycles. The van der Waals surface area contributed by atoms with E-state index in [1.165, 1.54) is 0 Å². The third-order valence-corrected chi connectivity index (χ3v) is 4.22.